The molecule has 0 saturated heterocycles. The summed E-state index contributed by atoms with van der Waals surface area (Å²) in [5.74, 6) is -0.374. The zero-order valence-electron chi connectivity index (χ0n) is 13.0. The molecule has 1 fully saturated rings. The first-order chi connectivity index (χ1) is 11.6. The molecule has 4 nitrogen and oxygen atoms in total. The Bertz CT molecular complexity index is 705. The molecule has 2 N–H and O–H groups in total. The maximum atomic E-state index is 13.7. The number of carbonyl (C=O) groups excluding carboxylic acids is 1. The number of hydrogen-bond acceptors (Lipinski definition) is 3. The van der Waals surface area contributed by atoms with E-state index in [0.717, 1.165) is 18.4 Å². The Kier molecular flexibility index (Phi) is 5.20. The Morgan fingerprint density at radius 2 is 1.92 bits per heavy atom. The van der Waals surface area contributed by atoms with Gasteiger partial charge < -0.3 is 15.4 Å². The number of amides is 1. The van der Waals surface area contributed by atoms with Crippen molar-refractivity contribution in [3.63, 3.8) is 0 Å². The molecule has 1 amide bonds. The third-order valence-corrected chi connectivity index (χ3v) is 4.20. The Morgan fingerprint density at radius 3 is 2.62 bits per heavy atom. The highest BCUT2D eigenvalue weighted by Crippen LogP contribution is 2.27. The summed E-state index contributed by atoms with van der Waals surface area (Å²) < 4.78 is 18.9. The van der Waals surface area contributed by atoms with Crippen molar-refractivity contribution in [2.75, 3.05) is 5.32 Å². The van der Waals surface area contributed by atoms with E-state index in [1.54, 1.807) is 12.1 Å². The summed E-state index contributed by atoms with van der Waals surface area (Å²) in [6, 6.07) is 14.2. The summed E-state index contributed by atoms with van der Waals surface area (Å²) in [6.07, 6.45) is 1.02. The van der Waals surface area contributed by atoms with Gasteiger partial charge in [0, 0.05) is 17.1 Å². The predicted molar refractivity (Wildman–Crippen MR) is 91.6 cm³/mol. The van der Waals surface area contributed by atoms with E-state index in [9.17, 15) is 9.18 Å². The number of rotatable bonds is 5. The van der Waals surface area contributed by atoms with E-state index in [1.165, 1.54) is 6.07 Å². The van der Waals surface area contributed by atoms with Gasteiger partial charge in [0.2, 0.25) is 0 Å². The van der Waals surface area contributed by atoms with Crippen molar-refractivity contribution in [2.45, 2.75) is 31.5 Å². The van der Waals surface area contributed by atoms with Crippen LogP contribution in [0.1, 0.15) is 18.4 Å². The minimum atomic E-state index is -0.431. The Labute approximate surface area is 145 Å². The van der Waals surface area contributed by atoms with Crippen LogP contribution in [0.25, 0.3) is 0 Å². The molecule has 6 heteroatoms. The third kappa shape index (κ3) is 4.38. The topological polar surface area (TPSA) is 50.4 Å². The number of carbonyl (C=O) groups is 1. The zero-order valence-corrected chi connectivity index (χ0v) is 13.7. The first kappa shape index (κ1) is 16.6. The molecular weight excluding hydrogens is 331 g/mol. The van der Waals surface area contributed by atoms with Crippen molar-refractivity contribution in [3.05, 3.63) is 64.9 Å². The standard InChI is InChI=1S/C18H18ClFN2O2/c19-13-6-7-17(16(20)8-13)21-14-9-15(10-14)22-18(23)24-11-12-4-2-1-3-5-12/h1-8,14-15,21H,9-11H2,(H,22,23). The van der Waals surface area contributed by atoms with Gasteiger partial charge in [-0.2, -0.15) is 0 Å². The number of anilines is 1. The van der Waals surface area contributed by atoms with E-state index in [0.29, 0.717) is 10.7 Å². The van der Waals surface area contributed by atoms with Gasteiger partial charge >= 0.3 is 6.09 Å². The molecule has 2 aromatic carbocycles. The number of nitrogens with one attached hydrogen (secondary N) is 2. The summed E-state index contributed by atoms with van der Waals surface area (Å²) in [7, 11) is 0. The lowest BCUT2D eigenvalue weighted by Crippen LogP contribution is -2.49. The van der Waals surface area contributed by atoms with Crippen LogP contribution in [0.5, 0.6) is 0 Å². The lowest BCUT2D eigenvalue weighted by atomic mass is 9.86. The van der Waals surface area contributed by atoms with Gasteiger partial charge in [0.15, 0.2) is 0 Å². The molecule has 0 unspecified atom stereocenters. The number of benzene rings is 2. The molecule has 0 aliphatic heterocycles. The predicted octanol–water partition coefficient (Wildman–Crippen LogP) is 4.35. The van der Waals surface area contributed by atoms with Gasteiger partial charge in [0.25, 0.3) is 0 Å². The molecule has 24 heavy (non-hydrogen) atoms. The molecule has 0 heterocycles. The van der Waals surface area contributed by atoms with Crippen LogP contribution in [0.2, 0.25) is 5.02 Å². The van der Waals surface area contributed by atoms with Gasteiger partial charge in [-0.3, -0.25) is 0 Å². The van der Waals surface area contributed by atoms with Crippen LogP contribution in [0.4, 0.5) is 14.9 Å². The molecule has 1 aliphatic rings. The van der Waals surface area contributed by atoms with E-state index in [1.807, 2.05) is 30.3 Å². The van der Waals surface area contributed by atoms with E-state index in [4.69, 9.17) is 16.3 Å². The molecule has 0 spiro atoms. The summed E-state index contributed by atoms with van der Waals surface area (Å²) in [6.45, 7) is 0.247. The Morgan fingerprint density at radius 1 is 1.17 bits per heavy atom. The van der Waals surface area contributed by atoms with Gasteiger partial charge in [-0.1, -0.05) is 41.9 Å². The molecular formula is C18H18ClFN2O2. The fraction of sp³-hybridized carbons (Fsp3) is 0.278. The van der Waals surface area contributed by atoms with Gasteiger partial charge in [0.1, 0.15) is 12.4 Å². The van der Waals surface area contributed by atoms with Crippen molar-refractivity contribution < 1.29 is 13.9 Å². The van der Waals surface area contributed by atoms with Crippen LogP contribution in [-0.4, -0.2) is 18.2 Å². The summed E-state index contributed by atoms with van der Waals surface area (Å²) in [4.78, 5) is 11.7. The highest BCUT2D eigenvalue weighted by Gasteiger charge is 2.31. The minimum absolute atomic E-state index is 0.0427. The molecule has 1 aliphatic carbocycles. The lowest BCUT2D eigenvalue weighted by Gasteiger charge is -2.36. The zero-order chi connectivity index (χ0) is 16.9. The average molecular weight is 349 g/mol. The normalized spacial score (nSPS) is 19.2. The maximum absolute atomic E-state index is 13.7. The van der Waals surface area contributed by atoms with Crippen molar-refractivity contribution in [1.29, 1.82) is 0 Å². The maximum Gasteiger partial charge on any atom is 0.407 e. The molecule has 2 aromatic rings. The van der Waals surface area contributed by atoms with Crippen LogP contribution >= 0.6 is 11.6 Å². The first-order valence-corrected chi connectivity index (χ1v) is 8.17. The van der Waals surface area contributed by atoms with Crippen LogP contribution < -0.4 is 10.6 Å². The molecule has 0 bridgehead atoms. The number of halogens is 2. The molecule has 126 valence electrons. The van der Waals surface area contributed by atoms with Gasteiger partial charge in [-0.05, 0) is 36.6 Å². The van der Waals surface area contributed by atoms with Crippen molar-refractivity contribution in [1.82, 2.24) is 5.32 Å². The molecule has 3 rings (SSSR count). The highest BCUT2D eigenvalue weighted by atomic mass is 35.5. The number of alkyl carbamates (subject to hydrolysis) is 1. The Hall–Kier alpha value is -2.27. The quantitative estimate of drug-likeness (QED) is 0.844. The average Bonchev–Trinajstić information content (AvgIpc) is 2.54. The van der Waals surface area contributed by atoms with E-state index in [-0.39, 0.29) is 24.5 Å². The van der Waals surface area contributed by atoms with Crippen LogP contribution in [0.15, 0.2) is 48.5 Å². The van der Waals surface area contributed by atoms with E-state index >= 15 is 0 Å². The van der Waals surface area contributed by atoms with Crippen molar-refractivity contribution >= 4 is 23.4 Å². The number of ether oxygens (including phenoxy) is 1. The lowest BCUT2D eigenvalue weighted by molar-refractivity contribution is 0.129. The summed E-state index contributed by atoms with van der Waals surface area (Å²) in [5.41, 5.74) is 1.37. The summed E-state index contributed by atoms with van der Waals surface area (Å²) >= 11 is 5.73. The first-order valence-electron chi connectivity index (χ1n) is 7.79. The minimum Gasteiger partial charge on any atom is -0.445 e. The molecule has 0 radical (unpaired) electrons. The SMILES string of the molecule is O=C(NC1CC(Nc2ccc(Cl)cc2F)C1)OCc1ccccc1. The van der Waals surface area contributed by atoms with Gasteiger partial charge in [-0.15, -0.1) is 0 Å². The van der Waals surface area contributed by atoms with Crippen LogP contribution in [0, 0.1) is 5.82 Å². The molecule has 0 atom stereocenters. The van der Waals surface area contributed by atoms with Crippen LogP contribution in [-0.2, 0) is 11.3 Å². The second kappa shape index (κ2) is 7.53. The monoisotopic (exact) mass is 348 g/mol. The van der Waals surface area contributed by atoms with E-state index in [2.05, 4.69) is 10.6 Å². The molecule has 1 saturated carbocycles. The van der Waals surface area contributed by atoms with Crippen molar-refractivity contribution in [2.24, 2.45) is 0 Å². The fourth-order valence-electron chi connectivity index (χ4n) is 2.61. The molecule has 0 aromatic heterocycles. The largest absolute Gasteiger partial charge is 0.445 e. The van der Waals surface area contributed by atoms with Gasteiger partial charge in [0.05, 0.1) is 5.69 Å². The fourth-order valence-corrected chi connectivity index (χ4v) is 2.77. The second-order valence-corrected chi connectivity index (χ2v) is 6.28. The second-order valence-electron chi connectivity index (χ2n) is 5.84. The summed E-state index contributed by atoms with van der Waals surface area (Å²) in [5, 5.41) is 6.29. The van der Waals surface area contributed by atoms with Crippen LogP contribution in [0.3, 0.4) is 0 Å². The highest BCUT2D eigenvalue weighted by molar-refractivity contribution is 6.30. The number of hydrogen-bond donors (Lipinski definition) is 2. The van der Waals surface area contributed by atoms with Crippen molar-refractivity contribution in [3.8, 4) is 0 Å². The van der Waals surface area contributed by atoms with E-state index < -0.39 is 6.09 Å². The smallest absolute Gasteiger partial charge is 0.407 e. The Balaban J connectivity index is 1.38. The van der Waals surface area contributed by atoms with Gasteiger partial charge in [-0.25, -0.2) is 9.18 Å². The third-order valence-electron chi connectivity index (χ3n) is 3.96.